The molecule has 0 amide bonds. The predicted molar refractivity (Wildman–Crippen MR) is 66.2 cm³/mol. The molecule has 0 unspecified atom stereocenters. The first-order chi connectivity index (χ1) is 8.38. The number of nitrogens with zero attached hydrogens (tertiary/aromatic N) is 3. The number of aromatic nitrogens is 1. The van der Waals surface area contributed by atoms with E-state index >= 15 is 0 Å². The van der Waals surface area contributed by atoms with Gasteiger partial charge in [-0.1, -0.05) is 18.2 Å². The van der Waals surface area contributed by atoms with Crippen LogP contribution in [0.15, 0.2) is 47.7 Å². The van der Waals surface area contributed by atoms with Crippen LogP contribution in [0.4, 0.5) is 17.2 Å². The van der Waals surface area contributed by atoms with Crippen LogP contribution >= 0.6 is 0 Å². The maximum atomic E-state index is 6.91. The quantitative estimate of drug-likeness (QED) is 0.794. The van der Waals surface area contributed by atoms with Crippen molar-refractivity contribution in [2.24, 2.45) is 5.11 Å². The lowest BCUT2D eigenvalue weighted by Crippen LogP contribution is -2.14. The van der Waals surface area contributed by atoms with Gasteiger partial charge in [-0.2, -0.15) is 5.11 Å². The molecule has 0 atom stereocenters. The summed E-state index contributed by atoms with van der Waals surface area (Å²) < 4.78 is 0. The molecule has 17 heavy (non-hydrogen) atoms. The van der Waals surface area contributed by atoms with E-state index in [-0.39, 0.29) is 0 Å². The van der Waals surface area contributed by atoms with E-state index in [1.807, 2.05) is 18.2 Å². The lowest BCUT2D eigenvalue weighted by atomic mass is 10.2. The lowest BCUT2D eigenvalue weighted by molar-refractivity contribution is 0.972. The van der Waals surface area contributed by atoms with Gasteiger partial charge in [-0.3, -0.25) is 0 Å². The Morgan fingerprint density at radius 2 is 2.06 bits per heavy atom. The van der Waals surface area contributed by atoms with Gasteiger partial charge in [0.2, 0.25) is 0 Å². The first-order valence-corrected chi connectivity index (χ1v) is 5.57. The monoisotopic (exact) mass is 224 g/mol. The molecule has 84 valence electrons. The van der Waals surface area contributed by atoms with Crippen LogP contribution in [0.5, 0.6) is 0 Å². The zero-order valence-electron chi connectivity index (χ0n) is 9.30. The van der Waals surface area contributed by atoms with Crippen LogP contribution in [0.3, 0.4) is 0 Å². The maximum Gasteiger partial charge on any atom is 0.133 e. The van der Waals surface area contributed by atoms with Gasteiger partial charge in [0, 0.05) is 12.2 Å². The molecule has 0 saturated heterocycles. The van der Waals surface area contributed by atoms with Gasteiger partial charge in [-0.15, -0.1) is 0 Å². The number of anilines is 2. The molecule has 4 heteroatoms. The lowest BCUT2D eigenvalue weighted by Gasteiger charge is -2.17. The first-order valence-electron chi connectivity index (χ1n) is 5.57. The zero-order chi connectivity index (χ0) is 11.7. The fraction of sp³-hybridized carbons (Fsp3) is 0.154. The van der Waals surface area contributed by atoms with Crippen molar-refractivity contribution in [1.29, 1.82) is 5.53 Å². The van der Waals surface area contributed by atoms with Crippen molar-refractivity contribution in [2.75, 3.05) is 11.4 Å². The van der Waals surface area contributed by atoms with Crippen LogP contribution < -0.4 is 4.90 Å². The predicted octanol–water partition coefficient (Wildman–Crippen LogP) is 3.44. The summed E-state index contributed by atoms with van der Waals surface area (Å²) in [6.45, 7) is 0.962. The molecule has 2 heterocycles. The average Bonchev–Trinajstić information content (AvgIpc) is 2.83. The smallest absolute Gasteiger partial charge is 0.133 e. The van der Waals surface area contributed by atoms with E-state index in [1.165, 1.54) is 11.3 Å². The summed E-state index contributed by atoms with van der Waals surface area (Å²) in [5, 5.41) is 3.35. The molecule has 1 aromatic carbocycles. The van der Waals surface area contributed by atoms with Crippen molar-refractivity contribution in [3.63, 3.8) is 0 Å². The molecule has 4 nitrogen and oxygen atoms in total. The molecule has 2 aromatic rings. The standard InChI is InChI=1S/C13H12N4/c14-16-11-5-6-13(15-9-11)17-8-7-10-3-1-2-4-12(10)17/h1-6,9,14H,7-8H2. The van der Waals surface area contributed by atoms with Crippen molar-refractivity contribution < 1.29 is 0 Å². The van der Waals surface area contributed by atoms with E-state index < -0.39 is 0 Å². The Morgan fingerprint density at radius 1 is 1.18 bits per heavy atom. The number of nitrogens with one attached hydrogen (secondary N) is 1. The van der Waals surface area contributed by atoms with Gasteiger partial charge in [0.1, 0.15) is 11.5 Å². The third-order valence-electron chi connectivity index (χ3n) is 3.03. The van der Waals surface area contributed by atoms with Crippen LogP contribution in [0.2, 0.25) is 0 Å². The fourth-order valence-electron chi connectivity index (χ4n) is 2.18. The van der Waals surface area contributed by atoms with E-state index in [2.05, 4.69) is 33.2 Å². The van der Waals surface area contributed by atoms with Crippen molar-refractivity contribution >= 4 is 17.2 Å². The normalized spacial score (nSPS) is 13.5. The number of benzene rings is 1. The van der Waals surface area contributed by atoms with Gasteiger partial charge in [-0.05, 0) is 30.2 Å². The molecule has 0 radical (unpaired) electrons. The highest BCUT2D eigenvalue weighted by Crippen LogP contribution is 2.33. The van der Waals surface area contributed by atoms with Crippen LogP contribution in [0, 0.1) is 5.53 Å². The highest BCUT2D eigenvalue weighted by Gasteiger charge is 2.20. The van der Waals surface area contributed by atoms with E-state index in [4.69, 9.17) is 5.53 Å². The van der Waals surface area contributed by atoms with Crippen LogP contribution in [-0.2, 0) is 6.42 Å². The van der Waals surface area contributed by atoms with Crippen molar-refractivity contribution in [3.05, 3.63) is 48.2 Å². The Labute approximate surface area is 99.4 Å². The van der Waals surface area contributed by atoms with Crippen LogP contribution in [0.1, 0.15) is 5.56 Å². The summed E-state index contributed by atoms with van der Waals surface area (Å²) >= 11 is 0. The summed E-state index contributed by atoms with van der Waals surface area (Å²) in [6, 6.07) is 12.1. The Bertz CT molecular complexity index is 548. The molecule has 0 saturated carbocycles. The molecular weight excluding hydrogens is 212 g/mol. The molecule has 0 fully saturated rings. The molecule has 0 spiro atoms. The Kier molecular flexibility index (Phi) is 2.33. The third kappa shape index (κ3) is 1.67. The molecule has 0 aliphatic carbocycles. The molecular formula is C13H12N4. The molecule has 0 bridgehead atoms. The summed E-state index contributed by atoms with van der Waals surface area (Å²) in [6.07, 6.45) is 2.69. The Hall–Kier alpha value is -2.23. The van der Waals surface area contributed by atoms with Crippen LogP contribution in [0.25, 0.3) is 0 Å². The molecule has 1 aliphatic heterocycles. The summed E-state index contributed by atoms with van der Waals surface area (Å²) in [5.74, 6) is 0.919. The molecule has 1 N–H and O–H groups in total. The average molecular weight is 224 g/mol. The maximum absolute atomic E-state index is 6.91. The first kappa shape index (κ1) is 9.96. The Morgan fingerprint density at radius 3 is 2.82 bits per heavy atom. The van der Waals surface area contributed by atoms with E-state index in [0.717, 1.165) is 18.8 Å². The van der Waals surface area contributed by atoms with Gasteiger partial charge in [0.05, 0.1) is 6.20 Å². The minimum atomic E-state index is 0.584. The Balaban J connectivity index is 1.98. The number of fused-ring (bicyclic) bond motifs is 1. The SMILES string of the molecule is N=Nc1ccc(N2CCc3ccccc32)nc1. The number of pyridine rings is 1. The molecule has 3 rings (SSSR count). The number of para-hydroxylation sites is 1. The number of hydrogen-bond acceptors (Lipinski definition) is 4. The second kappa shape index (κ2) is 3.97. The largest absolute Gasteiger partial charge is 0.326 e. The van der Waals surface area contributed by atoms with Gasteiger partial charge < -0.3 is 4.90 Å². The zero-order valence-corrected chi connectivity index (χ0v) is 9.30. The number of rotatable bonds is 2. The minimum absolute atomic E-state index is 0.584. The van der Waals surface area contributed by atoms with E-state index in [0.29, 0.717) is 5.69 Å². The van der Waals surface area contributed by atoms with E-state index in [9.17, 15) is 0 Å². The third-order valence-corrected chi connectivity index (χ3v) is 3.03. The molecule has 1 aromatic heterocycles. The highest BCUT2D eigenvalue weighted by atomic mass is 15.2. The van der Waals surface area contributed by atoms with Gasteiger partial charge >= 0.3 is 0 Å². The van der Waals surface area contributed by atoms with Crippen molar-refractivity contribution in [1.82, 2.24) is 4.98 Å². The molecule has 1 aliphatic rings. The van der Waals surface area contributed by atoms with Gasteiger partial charge in [-0.25, -0.2) is 10.5 Å². The second-order valence-corrected chi connectivity index (χ2v) is 4.02. The van der Waals surface area contributed by atoms with Gasteiger partial charge in [0.25, 0.3) is 0 Å². The van der Waals surface area contributed by atoms with E-state index in [1.54, 1.807) is 6.20 Å². The van der Waals surface area contributed by atoms with Crippen molar-refractivity contribution in [3.8, 4) is 0 Å². The summed E-state index contributed by atoms with van der Waals surface area (Å²) in [4.78, 5) is 6.54. The minimum Gasteiger partial charge on any atom is -0.326 e. The van der Waals surface area contributed by atoms with Gasteiger partial charge in [0.15, 0.2) is 0 Å². The highest BCUT2D eigenvalue weighted by molar-refractivity contribution is 5.67. The van der Waals surface area contributed by atoms with Crippen LogP contribution in [-0.4, -0.2) is 11.5 Å². The second-order valence-electron chi connectivity index (χ2n) is 4.02. The summed E-state index contributed by atoms with van der Waals surface area (Å²) in [5.41, 5.74) is 10.1. The summed E-state index contributed by atoms with van der Waals surface area (Å²) in [7, 11) is 0. The number of hydrogen-bond donors (Lipinski definition) is 1. The van der Waals surface area contributed by atoms with Crippen molar-refractivity contribution in [2.45, 2.75) is 6.42 Å². The topological polar surface area (TPSA) is 52.3 Å². The fourth-order valence-corrected chi connectivity index (χ4v) is 2.18.